The lowest BCUT2D eigenvalue weighted by atomic mass is 10.1. The highest BCUT2D eigenvalue weighted by atomic mass is 16.5. The first-order valence-electron chi connectivity index (χ1n) is 10.1. The van der Waals surface area contributed by atoms with Crippen LogP contribution in [0.4, 0.5) is 5.82 Å². The number of benzene rings is 1. The van der Waals surface area contributed by atoms with Crippen LogP contribution in [0.15, 0.2) is 42.6 Å². The lowest BCUT2D eigenvalue weighted by Gasteiger charge is -2.28. The van der Waals surface area contributed by atoms with Gasteiger partial charge in [0.2, 0.25) is 0 Å². The zero-order chi connectivity index (χ0) is 20.2. The Bertz CT molecular complexity index is 961. The Morgan fingerprint density at radius 2 is 1.90 bits per heavy atom. The summed E-state index contributed by atoms with van der Waals surface area (Å²) < 4.78 is 12.9. The van der Waals surface area contributed by atoms with E-state index in [1.165, 1.54) is 5.56 Å². The summed E-state index contributed by atoms with van der Waals surface area (Å²) in [4.78, 5) is 11.8. The van der Waals surface area contributed by atoms with Gasteiger partial charge in [-0.3, -0.25) is 0 Å². The largest absolute Gasteiger partial charge is 0.378 e. The molecule has 0 N–H and O–H groups in total. The summed E-state index contributed by atoms with van der Waals surface area (Å²) in [6, 6.07) is 12.3. The quantitative estimate of drug-likeness (QED) is 0.638. The lowest BCUT2D eigenvalue weighted by molar-refractivity contribution is 0.0923. The van der Waals surface area contributed by atoms with Crippen LogP contribution in [0.2, 0.25) is 0 Å². The van der Waals surface area contributed by atoms with E-state index in [0.717, 1.165) is 42.4 Å². The fourth-order valence-electron chi connectivity index (χ4n) is 3.52. The molecule has 29 heavy (non-hydrogen) atoms. The Kier molecular flexibility index (Phi) is 5.87. The monoisotopic (exact) mass is 393 g/mol. The van der Waals surface area contributed by atoms with Crippen LogP contribution < -0.4 is 4.90 Å². The second-order valence-electron chi connectivity index (χ2n) is 7.19. The van der Waals surface area contributed by atoms with Gasteiger partial charge in [0.05, 0.1) is 18.9 Å². The van der Waals surface area contributed by atoms with Crippen molar-refractivity contribution in [3.8, 4) is 17.1 Å². The molecule has 3 aromatic rings. The SMILES string of the molecule is CC[C@@H](OC)c1nc(N2CCOCC2)cc(-n2ccc(-c3cccc(C)c3)n2)n1. The molecule has 2 aromatic heterocycles. The van der Waals surface area contributed by atoms with Crippen molar-refractivity contribution in [3.63, 3.8) is 0 Å². The first-order valence-corrected chi connectivity index (χ1v) is 10.1. The van der Waals surface area contributed by atoms with Crippen LogP contribution in [0.3, 0.4) is 0 Å². The molecule has 1 saturated heterocycles. The predicted molar refractivity (Wildman–Crippen MR) is 112 cm³/mol. The summed E-state index contributed by atoms with van der Waals surface area (Å²) in [7, 11) is 1.70. The molecular formula is C22H27N5O2. The van der Waals surface area contributed by atoms with Crippen LogP contribution in [0.25, 0.3) is 17.1 Å². The Labute approximate surface area is 171 Å². The summed E-state index contributed by atoms with van der Waals surface area (Å²) in [5.74, 6) is 2.31. The third-order valence-electron chi connectivity index (χ3n) is 5.13. The Morgan fingerprint density at radius 1 is 1.10 bits per heavy atom. The molecule has 1 aliphatic rings. The van der Waals surface area contributed by atoms with Gasteiger partial charge in [-0.05, 0) is 25.5 Å². The van der Waals surface area contributed by atoms with Crippen molar-refractivity contribution in [3.05, 3.63) is 54.0 Å². The average Bonchev–Trinajstić information content (AvgIpc) is 3.26. The number of ether oxygens (including phenoxy) is 2. The molecule has 0 amide bonds. The first kappa shape index (κ1) is 19.5. The zero-order valence-corrected chi connectivity index (χ0v) is 17.2. The van der Waals surface area contributed by atoms with Crippen LogP contribution in [0, 0.1) is 6.92 Å². The molecule has 1 fully saturated rings. The highest BCUT2D eigenvalue weighted by Gasteiger charge is 2.20. The number of hydrogen-bond donors (Lipinski definition) is 0. The standard InChI is InChI=1S/C22H27N5O2/c1-4-19(28-3)22-23-20(26-10-12-29-13-11-26)15-21(24-22)27-9-8-18(25-27)17-7-5-6-16(2)14-17/h5-9,14-15,19H,4,10-13H2,1-3H3/t19-/m1/s1. The maximum atomic E-state index is 5.61. The van der Waals surface area contributed by atoms with E-state index in [1.807, 2.05) is 29.1 Å². The molecule has 0 bridgehead atoms. The molecule has 7 nitrogen and oxygen atoms in total. The molecule has 1 aliphatic heterocycles. The number of methoxy groups -OCH3 is 1. The van der Waals surface area contributed by atoms with E-state index >= 15 is 0 Å². The fourth-order valence-corrected chi connectivity index (χ4v) is 3.52. The Hall–Kier alpha value is -2.77. The summed E-state index contributed by atoms with van der Waals surface area (Å²) in [6.45, 7) is 7.19. The van der Waals surface area contributed by atoms with Crippen molar-refractivity contribution < 1.29 is 9.47 Å². The maximum absolute atomic E-state index is 5.61. The zero-order valence-electron chi connectivity index (χ0n) is 17.2. The first-order chi connectivity index (χ1) is 14.2. The number of aromatic nitrogens is 4. The number of nitrogens with zero attached hydrogens (tertiary/aromatic N) is 5. The van der Waals surface area contributed by atoms with E-state index in [9.17, 15) is 0 Å². The number of rotatable bonds is 6. The van der Waals surface area contributed by atoms with E-state index in [1.54, 1.807) is 7.11 Å². The number of hydrogen-bond acceptors (Lipinski definition) is 6. The van der Waals surface area contributed by atoms with E-state index in [2.05, 4.69) is 36.9 Å². The van der Waals surface area contributed by atoms with E-state index < -0.39 is 0 Å². The minimum Gasteiger partial charge on any atom is -0.378 e. The highest BCUT2D eigenvalue weighted by Crippen LogP contribution is 2.24. The summed E-state index contributed by atoms with van der Waals surface area (Å²) in [5, 5.41) is 4.77. The number of aryl methyl sites for hydroxylation is 1. The van der Waals surface area contributed by atoms with Gasteiger partial charge in [0.25, 0.3) is 0 Å². The van der Waals surface area contributed by atoms with E-state index in [-0.39, 0.29) is 6.10 Å². The van der Waals surface area contributed by atoms with Crippen molar-refractivity contribution in [1.82, 2.24) is 19.7 Å². The topological polar surface area (TPSA) is 65.3 Å². The van der Waals surface area contributed by atoms with Gasteiger partial charge in [-0.15, -0.1) is 0 Å². The molecule has 0 spiro atoms. The van der Waals surface area contributed by atoms with Crippen LogP contribution in [0.5, 0.6) is 0 Å². The van der Waals surface area contributed by atoms with Crippen LogP contribution in [-0.2, 0) is 9.47 Å². The Morgan fingerprint density at radius 3 is 2.62 bits per heavy atom. The summed E-state index contributed by atoms with van der Waals surface area (Å²) >= 11 is 0. The minimum absolute atomic E-state index is 0.151. The van der Waals surface area contributed by atoms with Gasteiger partial charge >= 0.3 is 0 Å². The molecular weight excluding hydrogens is 366 g/mol. The van der Waals surface area contributed by atoms with Gasteiger partial charge in [0, 0.05) is 38.0 Å². The number of anilines is 1. The van der Waals surface area contributed by atoms with Crippen molar-refractivity contribution in [2.24, 2.45) is 0 Å². The lowest BCUT2D eigenvalue weighted by Crippen LogP contribution is -2.37. The molecule has 152 valence electrons. The molecule has 4 rings (SSSR count). The van der Waals surface area contributed by atoms with Gasteiger partial charge in [-0.2, -0.15) is 5.10 Å². The third kappa shape index (κ3) is 4.31. The molecule has 0 radical (unpaired) electrons. The predicted octanol–water partition coefficient (Wildman–Crippen LogP) is 3.57. The van der Waals surface area contributed by atoms with Crippen LogP contribution in [-0.4, -0.2) is 53.2 Å². The summed E-state index contributed by atoms with van der Waals surface area (Å²) in [5.41, 5.74) is 3.22. The fraction of sp³-hybridized carbons (Fsp3) is 0.409. The Balaban J connectivity index is 1.73. The maximum Gasteiger partial charge on any atom is 0.161 e. The molecule has 3 heterocycles. The van der Waals surface area contributed by atoms with E-state index in [0.29, 0.717) is 19.0 Å². The molecule has 0 unspecified atom stereocenters. The van der Waals surface area contributed by atoms with Crippen molar-refractivity contribution in [1.29, 1.82) is 0 Å². The van der Waals surface area contributed by atoms with Crippen molar-refractivity contribution in [2.75, 3.05) is 38.3 Å². The van der Waals surface area contributed by atoms with Gasteiger partial charge in [0.1, 0.15) is 11.9 Å². The normalized spacial score (nSPS) is 15.5. The average molecular weight is 393 g/mol. The van der Waals surface area contributed by atoms with E-state index in [4.69, 9.17) is 24.5 Å². The van der Waals surface area contributed by atoms with Crippen LogP contribution in [0.1, 0.15) is 30.8 Å². The summed E-state index contributed by atoms with van der Waals surface area (Å²) in [6.07, 6.45) is 2.60. The van der Waals surface area contributed by atoms with Crippen LogP contribution >= 0.6 is 0 Å². The number of morpholine rings is 1. The molecule has 0 aliphatic carbocycles. The second-order valence-corrected chi connectivity index (χ2v) is 7.19. The van der Waals surface area contributed by atoms with Crippen molar-refractivity contribution >= 4 is 5.82 Å². The molecule has 0 saturated carbocycles. The van der Waals surface area contributed by atoms with Gasteiger partial charge < -0.3 is 14.4 Å². The van der Waals surface area contributed by atoms with Gasteiger partial charge in [0.15, 0.2) is 11.6 Å². The minimum atomic E-state index is -0.151. The molecule has 1 aromatic carbocycles. The van der Waals surface area contributed by atoms with Crippen molar-refractivity contribution in [2.45, 2.75) is 26.4 Å². The molecule has 1 atom stereocenters. The molecule has 7 heteroatoms. The van der Waals surface area contributed by atoms with Gasteiger partial charge in [-0.25, -0.2) is 14.6 Å². The third-order valence-corrected chi connectivity index (χ3v) is 5.13. The highest BCUT2D eigenvalue weighted by molar-refractivity contribution is 5.60. The van der Waals surface area contributed by atoms with Gasteiger partial charge in [-0.1, -0.05) is 30.7 Å². The smallest absolute Gasteiger partial charge is 0.161 e. The second kappa shape index (κ2) is 8.71.